The van der Waals surface area contributed by atoms with E-state index in [9.17, 15) is 14.4 Å². The monoisotopic (exact) mass is 535 g/mol. The van der Waals surface area contributed by atoms with Gasteiger partial charge < -0.3 is 19.7 Å². The number of carbonyl (C=O) groups excluding carboxylic acids is 3. The molecule has 4 rings (SSSR count). The van der Waals surface area contributed by atoms with Crippen LogP contribution in [0.2, 0.25) is 0 Å². The lowest BCUT2D eigenvalue weighted by Crippen LogP contribution is -2.40. The van der Waals surface area contributed by atoms with Crippen molar-refractivity contribution in [3.05, 3.63) is 81.3 Å². The number of aryl methyl sites for hydroxylation is 2. The highest BCUT2D eigenvalue weighted by molar-refractivity contribution is 7.09. The Balaban J connectivity index is 1.31. The van der Waals surface area contributed by atoms with E-state index >= 15 is 0 Å². The number of hydrogen-bond acceptors (Lipinski definition) is 7. The van der Waals surface area contributed by atoms with Crippen LogP contribution in [0.4, 0.5) is 0 Å². The van der Waals surface area contributed by atoms with Crippen molar-refractivity contribution in [2.75, 3.05) is 26.3 Å². The molecule has 0 bridgehead atoms. The number of benzene rings is 2. The fourth-order valence-electron chi connectivity index (χ4n) is 4.35. The van der Waals surface area contributed by atoms with Gasteiger partial charge in [0.15, 0.2) is 12.6 Å². The van der Waals surface area contributed by atoms with Gasteiger partial charge in [0.2, 0.25) is 0 Å². The van der Waals surface area contributed by atoms with Crippen molar-refractivity contribution in [1.82, 2.24) is 15.2 Å². The van der Waals surface area contributed by atoms with Crippen LogP contribution in [0.15, 0.2) is 53.9 Å². The number of nitrogens with zero attached hydrogens (tertiary/aromatic N) is 2. The Kier molecular flexibility index (Phi) is 9.12. The van der Waals surface area contributed by atoms with Crippen LogP contribution in [0, 0.1) is 13.8 Å². The van der Waals surface area contributed by atoms with E-state index in [2.05, 4.69) is 10.3 Å². The van der Waals surface area contributed by atoms with E-state index in [4.69, 9.17) is 9.47 Å². The second-order valence-electron chi connectivity index (χ2n) is 9.33. The van der Waals surface area contributed by atoms with Crippen molar-refractivity contribution in [2.45, 2.75) is 45.6 Å². The van der Waals surface area contributed by atoms with Crippen molar-refractivity contribution in [1.29, 1.82) is 0 Å². The normalized spacial score (nSPS) is 14.6. The maximum Gasteiger partial charge on any atom is 0.333 e. The van der Waals surface area contributed by atoms with E-state index in [1.165, 1.54) is 16.9 Å². The number of thiazole rings is 1. The van der Waals surface area contributed by atoms with Crippen LogP contribution in [0.3, 0.4) is 0 Å². The standard InChI is InChI=1S/C29H33N3O5S/c1-4-36-29(35)26(21-8-6-5-7-9-21)31-27(34)24-18-38-28(30-24)22-12-14-32(15-13-22)25(33)17-37-23-11-10-19(2)20(3)16-23/h5-11,16,18,22,26H,4,12-15,17H2,1-3H3,(H,31,34). The summed E-state index contributed by atoms with van der Waals surface area (Å²) >= 11 is 1.43. The van der Waals surface area contributed by atoms with E-state index in [1.54, 1.807) is 36.6 Å². The van der Waals surface area contributed by atoms with Crippen molar-refractivity contribution in [2.24, 2.45) is 0 Å². The van der Waals surface area contributed by atoms with Crippen LogP contribution in [0.1, 0.15) is 63.9 Å². The molecular formula is C29H33N3O5S. The molecule has 9 heteroatoms. The van der Waals surface area contributed by atoms with Gasteiger partial charge in [-0.15, -0.1) is 11.3 Å². The van der Waals surface area contributed by atoms with Crippen molar-refractivity contribution >= 4 is 29.1 Å². The first kappa shape index (κ1) is 27.3. The van der Waals surface area contributed by atoms with Gasteiger partial charge in [-0.05, 0) is 62.4 Å². The number of ether oxygens (including phenoxy) is 2. The molecule has 2 heterocycles. The minimum atomic E-state index is -0.908. The van der Waals surface area contributed by atoms with E-state index in [1.807, 2.05) is 43.0 Å². The van der Waals surface area contributed by atoms with Crippen LogP contribution in [-0.2, 0) is 14.3 Å². The molecule has 2 aromatic carbocycles. The van der Waals surface area contributed by atoms with E-state index in [-0.39, 0.29) is 30.7 Å². The van der Waals surface area contributed by atoms with Gasteiger partial charge in [0, 0.05) is 24.4 Å². The number of aromatic nitrogens is 1. The third-order valence-electron chi connectivity index (χ3n) is 6.72. The summed E-state index contributed by atoms with van der Waals surface area (Å²) in [6, 6.07) is 13.9. The molecule has 1 N–H and O–H groups in total. The Labute approximate surface area is 227 Å². The molecule has 1 aliphatic rings. The summed E-state index contributed by atoms with van der Waals surface area (Å²) in [5, 5.41) is 5.35. The Morgan fingerprint density at radius 2 is 1.82 bits per heavy atom. The average Bonchev–Trinajstić information content (AvgIpc) is 3.43. The molecular weight excluding hydrogens is 502 g/mol. The molecule has 200 valence electrons. The second kappa shape index (κ2) is 12.7. The van der Waals surface area contributed by atoms with Gasteiger partial charge in [-0.25, -0.2) is 9.78 Å². The topological polar surface area (TPSA) is 97.8 Å². The number of hydrogen-bond donors (Lipinski definition) is 1. The summed E-state index contributed by atoms with van der Waals surface area (Å²) in [6.45, 7) is 7.24. The molecule has 38 heavy (non-hydrogen) atoms. The lowest BCUT2D eigenvalue weighted by atomic mass is 9.97. The fourth-order valence-corrected chi connectivity index (χ4v) is 5.32. The largest absolute Gasteiger partial charge is 0.484 e. The highest BCUT2D eigenvalue weighted by Gasteiger charge is 2.28. The molecule has 0 spiro atoms. The highest BCUT2D eigenvalue weighted by atomic mass is 32.1. The highest BCUT2D eigenvalue weighted by Crippen LogP contribution is 2.30. The van der Waals surface area contributed by atoms with Gasteiger partial charge in [-0.1, -0.05) is 36.4 Å². The van der Waals surface area contributed by atoms with E-state index < -0.39 is 17.9 Å². The minimum Gasteiger partial charge on any atom is -0.484 e. The molecule has 0 aliphatic carbocycles. The second-order valence-corrected chi connectivity index (χ2v) is 10.2. The molecule has 1 aliphatic heterocycles. The predicted octanol–water partition coefficient (Wildman–Crippen LogP) is 4.58. The third-order valence-corrected chi connectivity index (χ3v) is 7.73. The minimum absolute atomic E-state index is 0.0117. The Bertz CT molecular complexity index is 1270. The number of amides is 2. The summed E-state index contributed by atoms with van der Waals surface area (Å²) in [5.74, 6) is -0.109. The first-order valence-corrected chi connectivity index (χ1v) is 13.7. The number of esters is 1. The lowest BCUT2D eigenvalue weighted by molar-refractivity contribution is -0.145. The molecule has 8 nitrogen and oxygen atoms in total. The number of likely N-dealkylation sites (tertiary alicyclic amines) is 1. The van der Waals surface area contributed by atoms with Crippen molar-refractivity contribution in [3.63, 3.8) is 0 Å². The average molecular weight is 536 g/mol. The quantitative estimate of drug-likeness (QED) is 0.403. The summed E-state index contributed by atoms with van der Waals surface area (Å²) in [6.07, 6.45) is 1.53. The molecule has 1 aromatic heterocycles. The first-order chi connectivity index (χ1) is 18.4. The van der Waals surface area contributed by atoms with Crippen LogP contribution in [0.5, 0.6) is 5.75 Å². The SMILES string of the molecule is CCOC(=O)C(NC(=O)c1csc(C2CCN(C(=O)COc3ccc(C)c(C)c3)CC2)n1)c1ccccc1. The molecule has 1 atom stereocenters. The third kappa shape index (κ3) is 6.77. The molecule has 0 radical (unpaired) electrons. The number of rotatable bonds is 9. The Morgan fingerprint density at radius 3 is 2.50 bits per heavy atom. The van der Waals surface area contributed by atoms with Crippen molar-refractivity contribution in [3.8, 4) is 5.75 Å². The molecule has 1 unspecified atom stereocenters. The number of carbonyl (C=O) groups is 3. The Morgan fingerprint density at radius 1 is 1.08 bits per heavy atom. The van der Waals surface area contributed by atoms with Crippen LogP contribution >= 0.6 is 11.3 Å². The predicted molar refractivity (Wildman–Crippen MR) is 145 cm³/mol. The zero-order valence-electron chi connectivity index (χ0n) is 21.9. The molecule has 1 fully saturated rings. The summed E-state index contributed by atoms with van der Waals surface area (Å²) in [7, 11) is 0. The first-order valence-electron chi connectivity index (χ1n) is 12.8. The maximum atomic E-state index is 13.0. The van der Waals surface area contributed by atoms with Gasteiger partial charge >= 0.3 is 5.97 Å². The lowest BCUT2D eigenvalue weighted by Gasteiger charge is -2.31. The van der Waals surface area contributed by atoms with E-state index in [0.29, 0.717) is 24.4 Å². The number of nitrogens with one attached hydrogen (secondary N) is 1. The molecule has 1 saturated heterocycles. The van der Waals surface area contributed by atoms with Crippen LogP contribution < -0.4 is 10.1 Å². The number of piperidine rings is 1. The van der Waals surface area contributed by atoms with Gasteiger partial charge in [0.1, 0.15) is 11.4 Å². The van der Waals surface area contributed by atoms with Gasteiger partial charge in [0.25, 0.3) is 11.8 Å². The van der Waals surface area contributed by atoms with Crippen LogP contribution in [-0.4, -0.2) is 54.0 Å². The van der Waals surface area contributed by atoms with Gasteiger partial charge in [-0.2, -0.15) is 0 Å². The zero-order chi connectivity index (χ0) is 27.1. The van der Waals surface area contributed by atoms with Crippen LogP contribution in [0.25, 0.3) is 0 Å². The summed E-state index contributed by atoms with van der Waals surface area (Å²) < 4.78 is 10.9. The summed E-state index contributed by atoms with van der Waals surface area (Å²) in [5.41, 5.74) is 3.23. The Hall–Kier alpha value is -3.72. The zero-order valence-corrected chi connectivity index (χ0v) is 22.8. The fraction of sp³-hybridized carbons (Fsp3) is 0.379. The van der Waals surface area contributed by atoms with Gasteiger partial charge in [0.05, 0.1) is 11.6 Å². The molecule has 2 amide bonds. The smallest absolute Gasteiger partial charge is 0.333 e. The summed E-state index contributed by atoms with van der Waals surface area (Å²) in [4.78, 5) is 44.5. The van der Waals surface area contributed by atoms with Gasteiger partial charge in [-0.3, -0.25) is 9.59 Å². The van der Waals surface area contributed by atoms with E-state index in [0.717, 1.165) is 23.4 Å². The maximum absolute atomic E-state index is 13.0. The van der Waals surface area contributed by atoms with Crippen molar-refractivity contribution < 1.29 is 23.9 Å². The molecule has 3 aromatic rings. The molecule has 0 saturated carbocycles.